The number of nitrogens with one attached hydrogen (secondary N) is 6. The molecule has 4 aliphatic carbocycles. The Bertz CT molecular complexity index is 860. The molecule has 10 fully saturated rings. The molecule has 10 rings (SSSR count). The van der Waals surface area contributed by atoms with Gasteiger partial charge in [-0.2, -0.15) is 0 Å². The van der Waals surface area contributed by atoms with Gasteiger partial charge >= 0.3 is 15.7 Å². The summed E-state index contributed by atoms with van der Waals surface area (Å²) in [6.45, 7) is 0. The highest BCUT2D eigenvalue weighted by Crippen LogP contribution is 2.50. The molecule has 6 saturated heterocycles. The van der Waals surface area contributed by atoms with Crippen molar-refractivity contribution in [2.24, 2.45) is 47.3 Å². The van der Waals surface area contributed by atoms with Crippen LogP contribution in [-0.4, -0.2) is 78.2 Å². The van der Waals surface area contributed by atoms with Crippen molar-refractivity contribution in [2.45, 2.75) is 152 Å². The average molecular weight is 596 g/mol. The molecule has 233 valence electrons. The summed E-state index contributed by atoms with van der Waals surface area (Å²) in [6.07, 6.45) is 26.7. The van der Waals surface area contributed by atoms with Gasteiger partial charge in [0.1, 0.15) is 0 Å². The van der Waals surface area contributed by atoms with Crippen molar-refractivity contribution in [2.75, 3.05) is 0 Å². The first-order valence-corrected chi connectivity index (χ1v) is 19.3. The van der Waals surface area contributed by atoms with Crippen LogP contribution in [-0.2, 0) is 0 Å². The van der Waals surface area contributed by atoms with Gasteiger partial charge < -0.3 is 13.2 Å². The van der Waals surface area contributed by atoms with Crippen molar-refractivity contribution < 1.29 is 5.48 Å². The van der Waals surface area contributed by atoms with E-state index in [1.54, 1.807) is 0 Å². The molecule has 9 nitrogen and oxygen atoms in total. The number of nitrogens with zero attached hydrogens (tertiary/aromatic N) is 2. The van der Waals surface area contributed by atoms with E-state index in [-0.39, 0.29) is 21.1 Å². The van der Waals surface area contributed by atoms with E-state index in [0.29, 0.717) is 49.3 Å². The highest BCUT2D eigenvalue weighted by Gasteiger charge is 2.60. The largest absolute Gasteiger partial charge is 0.460 e. The lowest BCUT2D eigenvalue weighted by molar-refractivity contribution is 0.123. The van der Waals surface area contributed by atoms with Gasteiger partial charge in [0.05, 0.1) is 24.7 Å². The van der Waals surface area contributed by atoms with Crippen molar-refractivity contribution in [3.63, 3.8) is 0 Å². The standard InChI is InChI=1S/C32H54N8.Al.H2O/c1-2-10-18-17(9-1)25-33-26(18)38-28-21-13-5-6-14-22(21)30(35-28)40-32-24-16-8-7-15-23(24)31(36-32)39-29-20-12-4-3-11-19(20)27(34-29)37-25;;/h17-33,36-40H,1-16H2;;1H2/q-2;+2;. The maximum absolute atomic E-state index is 4.45. The molecule has 10 heteroatoms. The first-order valence-electron chi connectivity index (χ1n) is 18.3. The molecule has 0 spiro atoms. The quantitative estimate of drug-likeness (QED) is 0.235. The molecule has 4 saturated carbocycles. The summed E-state index contributed by atoms with van der Waals surface area (Å²) in [5.74, 6) is 6.30. The third-order valence-electron chi connectivity index (χ3n) is 14.5. The summed E-state index contributed by atoms with van der Waals surface area (Å²) in [7, 11) is 0. The minimum Gasteiger partial charge on any atom is -0.412 e. The second kappa shape index (κ2) is 11.2. The lowest BCUT2D eigenvalue weighted by Crippen LogP contribution is -2.70. The Morgan fingerprint density at radius 2 is 0.571 bits per heavy atom. The second-order valence-corrected chi connectivity index (χ2v) is 17.6. The first kappa shape index (κ1) is 28.4. The van der Waals surface area contributed by atoms with Gasteiger partial charge in [-0.1, -0.05) is 51.4 Å². The van der Waals surface area contributed by atoms with Crippen molar-refractivity contribution in [1.82, 2.24) is 39.7 Å². The fourth-order valence-corrected chi connectivity index (χ4v) is 14.9. The summed E-state index contributed by atoms with van der Waals surface area (Å²) < 4.78 is 6.16. The van der Waals surface area contributed by atoms with E-state index in [0.717, 1.165) is 47.3 Å². The van der Waals surface area contributed by atoms with Crippen LogP contribution in [0.1, 0.15) is 103 Å². The van der Waals surface area contributed by atoms with Crippen LogP contribution in [0, 0.1) is 47.3 Å². The van der Waals surface area contributed by atoms with Gasteiger partial charge in [-0.05, 0) is 98.7 Å². The van der Waals surface area contributed by atoms with Crippen LogP contribution < -0.4 is 31.9 Å². The van der Waals surface area contributed by atoms with Gasteiger partial charge in [-0.3, -0.25) is 31.9 Å². The molecular formula is C32H56AlN8O. The van der Waals surface area contributed by atoms with Crippen LogP contribution in [0.5, 0.6) is 0 Å². The van der Waals surface area contributed by atoms with Gasteiger partial charge in [0, 0.05) is 24.7 Å². The third-order valence-corrected chi connectivity index (χ3v) is 16.3. The van der Waals surface area contributed by atoms with E-state index >= 15 is 0 Å². The summed E-state index contributed by atoms with van der Waals surface area (Å²) in [4.78, 5) is 0. The van der Waals surface area contributed by atoms with Crippen LogP contribution in [0.15, 0.2) is 0 Å². The molecule has 8 N–H and O–H groups in total. The normalized spacial score (nSPS) is 56.7. The Kier molecular flexibility index (Phi) is 7.54. The second-order valence-electron chi connectivity index (χ2n) is 16.1. The van der Waals surface area contributed by atoms with E-state index in [1.807, 2.05) is 0 Å². The smallest absolute Gasteiger partial charge is 0.412 e. The van der Waals surface area contributed by atoms with Crippen molar-refractivity contribution in [3.8, 4) is 0 Å². The molecule has 16 unspecified atom stereocenters. The van der Waals surface area contributed by atoms with Crippen molar-refractivity contribution in [3.05, 3.63) is 0 Å². The fraction of sp³-hybridized carbons (Fsp3) is 1.00. The number of fused-ring (bicyclic) bond motifs is 16. The number of hydrogen-bond acceptors (Lipinski definition) is 8. The minimum absolute atomic E-state index is 0. The Balaban J connectivity index is 0.00000250. The third kappa shape index (κ3) is 4.27. The molecule has 16 atom stereocenters. The van der Waals surface area contributed by atoms with Crippen molar-refractivity contribution in [1.29, 1.82) is 0 Å². The zero-order valence-electron chi connectivity index (χ0n) is 25.5. The molecule has 6 bridgehead atoms. The molecule has 0 aromatic heterocycles. The topological polar surface area (TPSA) is 110 Å². The molecule has 0 amide bonds. The fourth-order valence-electron chi connectivity index (χ4n) is 12.8. The lowest BCUT2D eigenvalue weighted by Gasteiger charge is -2.44. The highest BCUT2D eigenvalue weighted by molar-refractivity contribution is 6.29. The Morgan fingerprint density at radius 1 is 0.333 bits per heavy atom. The molecule has 1 radical (unpaired) electrons. The van der Waals surface area contributed by atoms with Gasteiger partial charge in [0.2, 0.25) is 0 Å². The monoisotopic (exact) mass is 595 g/mol. The molecule has 42 heavy (non-hydrogen) atoms. The Hall–Kier alpha value is 0.172. The number of rotatable bonds is 0. The maximum Gasteiger partial charge on any atom is 0.460 e. The Labute approximate surface area is 259 Å². The SMILES string of the molecule is C1CCC2C3NC(NC4C5CCCCC5C5NC6NC(NC7C8CCCCC8C(N3)[N]7[Al][N]45)C3CCCCC63)C2C1.O. The van der Waals surface area contributed by atoms with Crippen LogP contribution >= 0.6 is 0 Å². The molecule has 0 aromatic carbocycles. The lowest BCUT2D eigenvalue weighted by atomic mass is 9.76. The van der Waals surface area contributed by atoms with Crippen LogP contribution in [0.2, 0.25) is 0 Å². The predicted octanol–water partition coefficient (Wildman–Crippen LogP) is 1.75. The van der Waals surface area contributed by atoms with Gasteiger partial charge in [0.25, 0.3) is 0 Å². The van der Waals surface area contributed by atoms with Crippen LogP contribution in [0.25, 0.3) is 0 Å². The van der Waals surface area contributed by atoms with Crippen LogP contribution in [0.4, 0.5) is 0 Å². The summed E-state index contributed by atoms with van der Waals surface area (Å²) in [5, 5.41) is 26.3. The number of hydrogen-bond donors (Lipinski definition) is 6. The molecule has 0 aromatic rings. The zero-order chi connectivity index (χ0) is 26.7. The van der Waals surface area contributed by atoms with E-state index in [1.165, 1.54) is 103 Å². The molecular weight excluding hydrogens is 539 g/mol. The zero-order valence-corrected chi connectivity index (χ0v) is 26.7. The van der Waals surface area contributed by atoms with E-state index in [9.17, 15) is 0 Å². The maximum atomic E-state index is 4.45. The van der Waals surface area contributed by atoms with Crippen LogP contribution in [0.3, 0.4) is 0 Å². The minimum atomic E-state index is 0. The summed E-state index contributed by atoms with van der Waals surface area (Å²) >= 11 is 0.0433. The van der Waals surface area contributed by atoms with E-state index in [4.69, 9.17) is 0 Å². The van der Waals surface area contributed by atoms with E-state index < -0.39 is 0 Å². The van der Waals surface area contributed by atoms with Gasteiger partial charge in [-0.25, -0.2) is 0 Å². The summed E-state index contributed by atoms with van der Waals surface area (Å²) in [5.41, 5.74) is 0. The Morgan fingerprint density at radius 3 is 0.833 bits per heavy atom. The highest BCUT2D eigenvalue weighted by atomic mass is 27.1. The van der Waals surface area contributed by atoms with Gasteiger partial charge in [0.15, 0.2) is 0 Å². The van der Waals surface area contributed by atoms with Crippen molar-refractivity contribution >= 4 is 15.7 Å². The van der Waals surface area contributed by atoms with E-state index in [2.05, 4.69) is 39.7 Å². The summed E-state index contributed by atoms with van der Waals surface area (Å²) in [6, 6.07) is 0. The molecule has 10 aliphatic rings. The predicted molar refractivity (Wildman–Crippen MR) is 164 cm³/mol. The first-order chi connectivity index (χ1) is 20.3. The average Bonchev–Trinajstić information content (AvgIpc) is 3.72. The molecule has 6 heterocycles. The molecule has 6 aliphatic heterocycles. The van der Waals surface area contributed by atoms with Gasteiger partial charge in [-0.15, -0.1) is 0 Å².